The molecule has 0 bridgehead atoms. The Balaban J connectivity index is 1.85. The zero-order chi connectivity index (χ0) is 33.3. The van der Waals surface area contributed by atoms with Crippen molar-refractivity contribution in [1.29, 1.82) is 0 Å². The van der Waals surface area contributed by atoms with Gasteiger partial charge in [-0.05, 0) is 34.3 Å². The van der Waals surface area contributed by atoms with Crippen molar-refractivity contribution in [2.45, 2.75) is 109 Å². The molecule has 3 heterocycles. The fourth-order valence-electron chi connectivity index (χ4n) is 6.39. The SMILES string of the molecule is CC(C)[Si]1(C(C)C)OC[C@H]2O[C@@H](n3ccc(=O)n(C(=O)c4ccccc4)c3=O)[C@H](OCCC(=O)O)[C@@H]2O[Si](C(C)C)(C(C)C)O1. The maximum Gasteiger partial charge on any atom is 0.340 e. The average molecular weight is 663 g/mol. The number of nitrogens with zero attached hydrogens (tertiary/aromatic N) is 2. The summed E-state index contributed by atoms with van der Waals surface area (Å²) in [5.41, 5.74) is -1.36. The molecule has 4 rings (SSSR count). The van der Waals surface area contributed by atoms with Crippen molar-refractivity contribution in [2.24, 2.45) is 0 Å². The monoisotopic (exact) mass is 662 g/mol. The van der Waals surface area contributed by atoms with Crippen molar-refractivity contribution >= 4 is 29.0 Å². The van der Waals surface area contributed by atoms with Crippen LogP contribution in [0.5, 0.6) is 0 Å². The molecule has 45 heavy (non-hydrogen) atoms. The Kier molecular flexibility index (Phi) is 10.9. The highest BCUT2D eigenvalue weighted by atomic mass is 28.5. The largest absolute Gasteiger partial charge is 0.481 e. The molecule has 0 aliphatic carbocycles. The first-order chi connectivity index (χ1) is 21.2. The molecule has 0 spiro atoms. The second-order valence-corrected chi connectivity index (χ2v) is 21.8. The van der Waals surface area contributed by atoms with Crippen LogP contribution in [0.2, 0.25) is 22.2 Å². The highest BCUT2D eigenvalue weighted by molar-refractivity contribution is 6.84. The maximum absolute atomic E-state index is 13.9. The van der Waals surface area contributed by atoms with Crippen LogP contribution in [0, 0.1) is 0 Å². The number of carbonyl (C=O) groups is 2. The molecular formula is C31H46N2O10Si2. The van der Waals surface area contributed by atoms with Gasteiger partial charge in [-0.3, -0.25) is 19.0 Å². The van der Waals surface area contributed by atoms with Gasteiger partial charge in [0.25, 0.3) is 11.5 Å². The van der Waals surface area contributed by atoms with Gasteiger partial charge in [-0.2, -0.15) is 4.57 Å². The van der Waals surface area contributed by atoms with E-state index in [0.717, 1.165) is 10.6 Å². The van der Waals surface area contributed by atoms with Crippen molar-refractivity contribution < 1.29 is 37.1 Å². The van der Waals surface area contributed by atoms with Gasteiger partial charge >= 0.3 is 28.8 Å². The summed E-state index contributed by atoms with van der Waals surface area (Å²) in [6.07, 6.45) is -2.65. The van der Waals surface area contributed by atoms with Gasteiger partial charge in [0.2, 0.25) is 0 Å². The predicted molar refractivity (Wildman–Crippen MR) is 171 cm³/mol. The Morgan fingerprint density at radius 1 is 0.933 bits per heavy atom. The van der Waals surface area contributed by atoms with Crippen LogP contribution >= 0.6 is 0 Å². The number of ether oxygens (including phenoxy) is 2. The van der Waals surface area contributed by atoms with Crippen LogP contribution in [-0.4, -0.2) is 74.8 Å². The van der Waals surface area contributed by atoms with Gasteiger partial charge in [0.15, 0.2) is 6.23 Å². The molecule has 248 valence electrons. The molecule has 2 aliphatic rings. The third-order valence-corrected chi connectivity index (χ3v) is 19.0. The van der Waals surface area contributed by atoms with E-state index in [9.17, 15) is 24.3 Å². The second kappa shape index (κ2) is 14.0. The van der Waals surface area contributed by atoms with Crippen molar-refractivity contribution in [1.82, 2.24) is 9.13 Å². The number of rotatable bonds is 10. The summed E-state index contributed by atoms with van der Waals surface area (Å²) in [5, 5.41) is 9.35. The molecule has 2 saturated heterocycles. The molecule has 0 amide bonds. The molecule has 2 aromatic rings. The summed E-state index contributed by atoms with van der Waals surface area (Å²) in [4.78, 5) is 51.5. The van der Waals surface area contributed by atoms with Crippen molar-refractivity contribution in [3.05, 3.63) is 69.0 Å². The van der Waals surface area contributed by atoms with E-state index < -0.39 is 64.8 Å². The quantitative estimate of drug-likeness (QED) is 0.363. The highest BCUT2D eigenvalue weighted by Gasteiger charge is 2.62. The van der Waals surface area contributed by atoms with E-state index in [4.69, 9.17) is 22.4 Å². The number of hydrogen-bond donors (Lipinski definition) is 1. The highest BCUT2D eigenvalue weighted by Crippen LogP contribution is 2.48. The molecule has 14 heteroatoms. The summed E-state index contributed by atoms with van der Waals surface area (Å²) < 4.78 is 35.6. The molecule has 0 unspecified atom stereocenters. The minimum absolute atomic E-state index is 0.00364. The van der Waals surface area contributed by atoms with E-state index in [1.807, 2.05) is 0 Å². The van der Waals surface area contributed by atoms with Crippen molar-refractivity contribution in [3.63, 3.8) is 0 Å². The molecule has 12 nitrogen and oxygen atoms in total. The third-order valence-electron chi connectivity index (χ3n) is 8.75. The standard InChI is InChI=1S/C31H46N2O10Si2/c1-19(2)44(20(3)4)40-18-24-27(42-45(43-44,21(5)6)22(7)8)28(39-17-15-26(35)36)30(41-24)32-16-14-25(34)33(31(32)38)29(37)23-12-10-9-11-13-23/h9-14,16,19-22,24,27-28,30H,15,17-18H2,1-8H3,(H,35,36)/t24-,27-,28-,30-/m1/s1. The zero-order valence-electron chi connectivity index (χ0n) is 27.3. The molecule has 0 saturated carbocycles. The summed E-state index contributed by atoms with van der Waals surface area (Å²) in [6, 6.07) is 9.16. The zero-order valence-corrected chi connectivity index (χ0v) is 29.3. The van der Waals surface area contributed by atoms with Crippen LogP contribution in [0.3, 0.4) is 0 Å². The minimum Gasteiger partial charge on any atom is -0.481 e. The van der Waals surface area contributed by atoms with E-state index in [-0.39, 0.29) is 47.4 Å². The van der Waals surface area contributed by atoms with Gasteiger partial charge in [-0.15, -0.1) is 0 Å². The average Bonchev–Trinajstić information content (AvgIpc) is 3.28. The van der Waals surface area contributed by atoms with E-state index in [1.54, 1.807) is 18.2 Å². The molecule has 4 atom stereocenters. The number of benzene rings is 1. The van der Waals surface area contributed by atoms with Gasteiger partial charge in [0.1, 0.15) is 18.3 Å². The van der Waals surface area contributed by atoms with Crippen molar-refractivity contribution in [3.8, 4) is 0 Å². The molecule has 1 aromatic carbocycles. The van der Waals surface area contributed by atoms with E-state index in [0.29, 0.717) is 4.57 Å². The Morgan fingerprint density at radius 2 is 1.53 bits per heavy atom. The number of hydrogen-bond acceptors (Lipinski definition) is 9. The fraction of sp³-hybridized carbons (Fsp3) is 0.613. The maximum atomic E-state index is 13.9. The summed E-state index contributed by atoms with van der Waals surface area (Å²) in [7, 11) is -6.04. The smallest absolute Gasteiger partial charge is 0.340 e. The van der Waals surface area contributed by atoms with E-state index in [1.165, 1.54) is 18.3 Å². The lowest BCUT2D eigenvalue weighted by Gasteiger charge is -2.51. The first-order valence-corrected chi connectivity index (χ1v) is 19.5. The first-order valence-electron chi connectivity index (χ1n) is 15.6. The fourth-order valence-corrected chi connectivity index (χ4v) is 17.6. The van der Waals surface area contributed by atoms with Crippen molar-refractivity contribution in [2.75, 3.05) is 13.2 Å². The van der Waals surface area contributed by atoms with Gasteiger partial charge in [0, 0.05) is 17.8 Å². The third kappa shape index (κ3) is 6.73. The summed E-state index contributed by atoms with van der Waals surface area (Å²) >= 11 is 0. The molecule has 1 aromatic heterocycles. The number of carbonyl (C=O) groups excluding carboxylic acids is 1. The summed E-state index contributed by atoms with van der Waals surface area (Å²) in [6.45, 7) is 16.6. The van der Waals surface area contributed by atoms with E-state index in [2.05, 4.69) is 55.4 Å². The Bertz CT molecular complexity index is 1460. The lowest BCUT2D eigenvalue weighted by Crippen LogP contribution is -2.66. The number of fused-ring (bicyclic) bond motifs is 1. The normalized spacial score (nSPS) is 24.5. The van der Waals surface area contributed by atoms with Crippen LogP contribution in [0.1, 0.15) is 78.4 Å². The van der Waals surface area contributed by atoms with Crippen LogP contribution in [-0.2, 0) is 27.2 Å². The molecule has 0 radical (unpaired) electrons. The molecule has 1 N–H and O–H groups in total. The number of aromatic nitrogens is 2. The Hall–Kier alpha value is -2.73. The topological polar surface area (TPSA) is 145 Å². The first kappa shape index (κ1) is 35.1. The molecule has 2 aliphatic heterocycles. The number of carboxylic acid groups (broad SMARTS) is 1. The minimum atomic E-state index is -3.13. The van der Waals surface area contributed by atoms with Gasteiger partial charge in [0.05, 0.1) is 19.6 Å². The lowest BCUT2D eigenvalue weighted by atomic mass is 10.1. The van der Waals surface area contributed by atoms with Crippen LogP contribution in [0.15, 0.2) is 52.2 Å². The molecule has 2 fully saturated rings. The Morgan fingerprint density at radius 3 is 2.09 bits per heavy atom. The van der Waals surface area contributed by atoms with E-state index >= 15 is 0 Å². The second-order valence-electron chi connectivity index (χ2n) is 13.0. The number of carboxylic acids is 1. The van der Waals surface area contributed by atoms with Gasteiger partial charge in [-0.25, -0.2) is 4.79 Å². The predicted octanol–water partition coefficient (Wildman–Crippen LogP) is 4.41. The summed E-state index contributed by atoms with van der Waals surface area (Å²) in [5.74, 6) is -1.83. The number of aliphatic carboxylic acids is 1. The van der Waals surface area contributed by atoms with Gasteiger partial charge in [-0.1, -0.05) is 73.6 Å². The Labute approximate surface area is 265 Å². The van der Waals surface area contributed by atoms with Crippen LogP contribution < -0.4 is 11.2 Å². The van der Waals surface area contributed by atoms with Gasteiger partial charge < -0.3 is 27.5 Å². The lowest BCUT2D eigenvalue weighted by molar-refractivity contribution is -0.140. The van der Waals surface area contributed by atoms with Crippen LogP contribution in [0.4, 0.5) is 0 Å². The molecular weight excluding hydrogens is 617 g/mol. The van der Waals surface area contributed by atoms with Crippen LogP contribution in [0.25, 0.3) is 0 Å².